The Labute approximate surface area is 270 Å². The fourth-order valence-corrected chi connectivity index (χ4v) is 5.76. The van der Waals surface area contributed by atoms with Gasteiger partial charge in [-0.15, -0.1) is 0 Å². The van der Waals surface area contributed by atoms with E-state index < -0.39 is 11.9 Å². The Morgan fingerprint density at radius 1 is 1.09 bits per heavy atom. The third-order valence-corrected chi connectivity index (χ3v) is 8.11. The van der Waals surface area contributed by atoms with Crippen LogP contribution in [-0.2, 0) is 30.8 Å². The summed E-state index contributed by atoms with van der Waals surface area (Å²) in [5, 5.41) is 25.1. The number of unbranched alkanes of at least 4 members (excludes halogenated alkanes) is 1. The molecule has 0 fully saturated rings. The number of aromatic nitrogens is 2. The summed E-state index contributed by atoms with van der Waals surface area (Å²) in [6, 6.07) is 13.7. The van der Waals surface area contributed by atoms with Crippen LogP contribution in [0.25, 0.3) is 17.3 Å². The summed E-state index contributed by atoms with van der Waals surface area (Å²) in [6.45, 7) is 3.13. The summed E-state index contributed by atoms with van der Waals surface area (Å²) >= 11 is 12.6. The molecule has 0 saturated heterocycles. The zero-order chi connectivity index (χ0) is 32.1. The summed E-state index contributed by atoms with van der Waals surface area (Å²) in [6.07, 6.45) is 5.86. The van der Waals surface area contributed by atoms with Gasteiger partial charge < -0.3 is 24.4 Å². The average Bonchev–Trinajstić information content (AvgIpc) is 3.64. The zero-order valence-electron chi connectivity index (χ0n) is 24.8. The minimum absolute atomic E-state index is 0.0437. The number of hydrogen-bond donors (Lipinski definition) is 2. The zero-order valence-corrected chi connectivity index (χ0v) is 26.3. The number of carboxylic acids is 2. The van der Waals surface area contributed by atoms with Crippen molar-refractivity contribution in [3.05, 3.63) is 98.2 Å². The highest BCUT2D eigenvalue weighted by Crippen LogP contribution is 2.38. The number of hydrogen-bond acceptors (Lipinski definition) is 6. The van der Waals surface area contributed by atoms with Gasteiger partial charge in [-0.05, 0) is 48.9 Å². The Bertz CT molecular complexity index is 1780. The van der Waals surface area contributed by atoms with E-state index in [0.29, 0.717) is 57.6 Å². The van der Waals surface area contributed by atoms with Crippen LogP contribution in [0.3, 0.4) is 0 Å². The summed E-state index contributed by atoms with van der Waals surface area (Å²) in [5.74, 6) is -0.539. The lowest BCUT2D eigenvalue weighted by molar-refractivity contribution is -0.132. The first kappa shape index (κ1) is 31.9. The lowest BCUT2D eigenvalue weighted by Gasteiger charge is -2.16. The second kappa shape index (κ2) is 14.1. The van der Waals surface area contributed by atoms with Gasteiger partial charge in [0, 0.05) is 57.8 Å². The Hall–Kier alpha value is -4.47. The van der Waals surface area contributed by atoms with Crippen molar-refractivity contribution in [3.8, 4) is 28.5 Å². The van der Waals surface area contributed by atoms with Gasteiger partial charge in [-0.1, -0.05) is 48.7 Å². The monoisotopic (exact) mass is 650 g/mol. The number of halogens is 2. The van der Waals surface area contributed by atoms with Crippen LogP contribution in [0.4, 0.5) is 0 Å². The lowest BCUT2D eigenvalue weighted by atomic mass is 9.98. The van der Waals surface area contributed by atoms with Crippen molar-refractivity contribution in [2.24, 2.45) is 0 Å². The fourth-order valence-electron chi connectivity index (χ4n) is 5.33. The number of methoxy groups -OCH3 is 1. The predicted molar refractivity (Wildman–Crippen MR) is 172 cm³/mol. The molecule has 0 atom stereocenters. The number of aliphatic carboxylic acids is 1. The molecule has 0 saturated carbocycles. The lowest BCUT2D eigenvalue weighted by Crippen LogP contribution is -2.08. The molecule has 0 bridgehead atoms. The first-order chi connectivity index (χ1) is 21.7. The fraction of sp³-hybridized carbons (Fsp3) is 0.265. The molecule has 1 aliphatic heterocycles. The SMILES string of the molecule is CCCCn1ncc(C=C(Cc2cc3c(cc2OC)CCO3)C(=O)O)c1-c1ccc(Cl)cc1OCc1cccc(Cl)c1C(=O)O. The molecule has 0 radical (unpaired) electrons. The molecule has 9 nitrogen and oxygen atoms in total. The van der Waals surface area contributed by atoms with E-state index in [1.165, 1.54) is 6.07 Å². The minimum Gasteiger partial charge on any atom is -0.496 e. The van der Waals surface area contributed by atoms with Gasteiger partial charge >= 0.3 is 11.9 Å². The number of ether oxygens (including phenoxy) is 3. The Balaban J connectivity index is 1.57. The molecule has 2 heterocycles. The van der Waals surface area contributed by atoms with Gasteiger partial charge in [0.05, 0.1) is 36.2 Å². The maximum Gasteiger partial charge on any atom is 0.337 e. The van der Waals surface area contributed by atoms with Crippen molar-refractivity contribution in [3.63, 3.8) is 0 Å². The van der Waals surface area contributed by atoms with Crippen molar-refractivity contribution in [2.45, 2.75) is 45.8 Å². The van der Waals surface area contributed by atoms with Crippen LogP contribution in [0.15, 0.2) is 60.3 Å². The molecule has 234 valence electrons. The predicted octanol–water partition coefficient (Wildman–Crippen LogP) is 7.59. The minimum atomic E-state index is -1.16. The van der Waals surface area contributed by atoms with E-state index in [9.17, 15) is 19.8 Å². The highest BCUT2D eigenvalue weighted by molar-refractivity contribution is 6.33. The van der Waals surface area contributed by atoms with E-state index >= 15 is 0 Å². The van der Waals surface area contributed by atoms with Gasteiger partial charge in [-0.25, -0.2) is 9.59 Å². The van der Waals surface area contributed by atoms with Crippen molar-refractivity contribution in [1.82, 2.24) is 9.78 Å². The summed E-state index contributed by atoms with van der Waals surface area (Å²) < 4.78 is 19.3. The number of rotatable bonds is 13. The van der Waals surface area contributed by atoms with Crippen LogP contribution in [0, 0.1) is 0 Å². The van der Waals surface area contributed by atoms with Gasteiger partial charge in [-0.3, -0.25) is 4.68 Å². The van der Waals surface area contributed by atoms with Gasteiger partial charge in [0.25, 0.3) is 0 Å². The van der Waals surface area contributed by atoms with Gasteiger partial charge in [0.1, 0.15) is 23.9 Å². The van der Waals surface area contributed by atoms with Crippen molar-refractivity contribution < 1.29 is 34.0 Å². The summed E-state index contributed by atoms with van der Waals surface area (Å²) in [5.41, 5.74) is 4.02. The summed E-state index contributed by atoms with van der Waals surface area (Å²) in [7, 11) is 1.56. The first-order valence-electron chi connectivity index (χ1n) is 14.5. The molecular weight excluding hydrogens is 619 g/mol. The molecule has 0 aliphatic carbocycles. The topological polar surface area (TPSA) is 120 Å². The number of carboxylic acid groups (broad SMARTS) is 2. The van der Waals surface area contributed by atoms with E-state index in [2.05, 4.69) is 12.0 Å². The third kappa shape index (κ3) is 7.10. The smallest absolute Gasteiger partial charge is 0.337 e. The first-order valence-corrected chi connectivity index (χ1v) is 15.2. The van der Waals surface area contributed by atoms with Crippen LogP contribution in [0.5, 0.6) is 17.2 Å². The van der Waals surface area contributed by atoms with E-state index in [4.69, 9.17) is 37.4 Å². The molecule has 5 rings (SSSR count). The van der Waals surface area contributed by atoms with E-state index in [0.717, 1.165) is 30.6 Å². The largest absolute Gasteiger partial charge is 0.496 e. The maximum absolute atomic E-state index is 12.6. The van der Waals surface area contributed by atoms with Crippen LogP contribution >= 0.6 is 23.2 Å². The van der Waals surface area contributed by atoms with Crippen LogP contribution in [0.2, 0.25) is 10.0 Å². The van der Waals surface area contributed by atoms with Gasteiger partial charge in [-0.2, -0.15) is 5.10 Å². The molecule has 4 aromatic rings. The molecule has 3 aromatic carbocycles. The maximum atomic E-state index is 12.6. The standard InChI is InChI=1S/C34H32Cl2N2O7/c1-3-4-11-38-32(26-9-8-25(35)17-30(26)45-19-21-6-5-7-27(36)31(21)34(41)42)24(18-37-38)14-23(33(39)40)13-22-16-29-20(10-12-44-29)15-28(22)43-2/h5-9,14-18H,3-4,10-13,19H2,1-2H3,(H,39,40)(H,41,42). The van der Waals surface area contributed by atoms with Crippen LogP contribution < -0.4 is 14.2 Å². The van der Waals surface area contributed by atoms with Crippen molar-refractivity contribution >= 4 is 41.2 Å². The number of aromatic carboxylic acids is 1. The van der Waals surface area contributed by atoms with E-state index in [1.807, 2.05) is 16.8 Å². The molecule has 0 amide bonds. The molecule has 0 unspecified atom stereocenters. The number of benzene rings is 3. The second-order valence-corrected chi connectivity index (χ2v) is 11.4. The number of nitrogens with zero attached hydrogens (tertiary/aromatic N) is 2. The molecule has 1 aliphatic rings. The summed E-state index contributed by atoms with van der Waals surface area (Å²) in [4.78, 5) is 24.5. The van der Waals surface area contributed by atoms with Crippen molar-refractivity contribution in [2.75, 3.05) is 13.7 Å². The average molecular weight is 652 g/mol. The van der Waals surface area contributed by atoms with Crippen molar-refractivity contribution in [1.29, 1.82) is 0 Å². The highest BCUT2D eigenvalue weighted by atomic mass is 35.5. The number of aryl methyl sites for hydroxylation is 1. The van der Waals surface area contributed by atoms with Gasteiger partial charge in [0.15, 0.2) is 0 Å². The molecule has 45 heavy (non-hydrogen) atoms. The molecule has 11 heteroatoms. The number of carbonyl (C=O) groups is 2. The van der Waals surface area contributed by atoms with E-state index in [-0.39, 0.29) is 29.2 Å². The van der Waals surface area contributed by atoms with E-state index in [1.54, 1.807) is 49.7 Å². The highest BCUT2D eigenvalue weighted by Gasteiger charge is 2.22. The van der Waals surface area contributed by atoms with Crippen LogP contribution in [-0.4, -0.2) is 45.6 Å². The molecule has 1 aromatic heterocycles. The quantitative estimate of drug-likeness (QED) is 0.142. The molecule has 0 spiro atoms. The number of fused-ring (bicyclic) bond motifs is 1. The third-order valence-electron chi connectivity index (χ3n) is 7.56. The Morgan fingerprint density at radius 2 is 1.91 bits per heavy atom. The second-order valence-electron chi connectivity index (χ2n) is 10.6. The Morgan fingerprint density at radius 3 is 2.64 bits per heavy atom. The van der Waals surface area contributed by atoms with Gasteiger partial charge in [0.2, 0.25) is 0 Å². The molecule has 2 N–H and O–H groups in total. The molecular formula is C34H32Cl2N2O7. The normalized spacial score (nSPS) is 12.5. The van der Waals surface area contributed by atoms with Crippen LogP contribution in [0.1, 0.15) is 52.4 Å². The Kier molecular flexibility index (Phi) is 10.0.